The fourth-order valence-electron chi connectivity index (χ4n) is 3.02. The molecule has 0 spiro atoms. The van der Waals surface area contributed by atoms with Gasteiger partial charge in [-0.25, -0.2) is 9.98 Å². The molecule has 2 aliphatic rings. The van der Waals surface area contributed by atoms with Gasteiger partial charge in [0, 0.05) is 21.6 Å². The van der Waals surface area contributed by atoms with Crippen molar-refractivity contribution in [3.8, 4) is 11.1 Å². The minimum Gasteiger partial charge on any atom is -0.248 e. The molecule has 3 aromatic rings. The van der Waals surface area contributed by atoms with Crippen molar-refractivity contribution in [2.45, 2.75) is 0 Å². The molecule has 0 atom stereocenters. The minimum atomic E-state index is 0.509. The molecule has 0 amide bonds. The highest BCUT2D eigenvalue weighted by Gasteiger charge is 2.19. The molecule has 20 heavy (non-hydrogen) atoms. The van der Waals surface area contributed by atoms with E-state index in [4.69, 9.17) is 6.36 Å². The Kier molecular flexibility index (Phi) is 1.58. The molecule has 0 bridgehead atoms. The van der Waals surface area contributed by atoms with Gasteiger partial charge >= 0.3 is 0 Å². The SMILES string of the molecule is [2H]c1cccc2c1-c1c3c(ccc1=N2)=c1ccccc1=N3. The molecule has 2 heterocycles. The lowest BCUT2D eigenvalue weighted by molar-refractivity contribution is 1.36. The van der Waals surface area contributed by atoms with Gasteiger partial charge in [-0.15, -0.1) is 0 Å². The van der Waals surface area contributed by atoms with Crippen molar-refractivity contribution in [3.63, 3.8) is 0 Å². The van der Waals surface area contributed by atoms with Crippen molar-refractivity contribution < 1.29 is 1.37 Å². The Morgan fingerprint density at radius 2 is 1.65 bits per heavy atom. The molecule has 0 aromatic heterocycles. The Morgan fingerprint density at radius 3 is 2.65 bits per heavy atom. The molecule has 0 radical (unpaired) electrons. The predicted molar refractivity (Wildman–Crippen MR) is 77.6 cm³/mol. The van der Waals surface area contributed by atoms with Crippen LogP contribution in [0.2, 0.25) is 0 Å². The molecule has 3 aromatic carbocycles. The van der Waals surface area contributed by atoms with Gasteiger partial charge in [0.15, 0.2) is 0 Å². The third-order valence-electron chi connectivity index (χ3n) is 3.91. The van der Waals surface area contributed by atoms with Crippen LogP contribution < -0.4 is 10.7 Å². The Hall–Kier alpha value is -2.74. The summed E-state index contributed by atoms with van der Waals surface area (Å²) in [5, 5.41) is 4.21. The van der Waals surface area contributed by atoms with Gasteiger partial charge < -0.3 is 0 Å². The van der Waals surface area contributed by atoms with E-state index in [1.165, 1.54) is 0 Å². The summed E-state index contributed by atoms with van der Waals surface area (Å²) in [6.07, 6.45) is 0. The zero-order chi connectivity index (χ0) is 14.0. The van der Waals surface area contributed by atoms with Crippen molar-refractivity contribution in [2.75, 3.05) is 0 Å². The van der Waals surface area contributed by atoms with E-state index in [1.54, 1.807) is 0 Å². The van der Waals surface area contributed by atoms with Gasteiger partial charge in [0.25, 0.3) is 0 Å². The van der Waals surface area contributed by atoms with Crippen molar-refractivity contribution >= 4 is 11.4 Å². The van der Waals surface area contributed by atoms with Crippen molar-refractivity contribution in [1.82, 2.24) is 0 Å². The monoisotopic (exact) mass is 255 g/mol. The average Bonchev–Trinajstić information content (AvgIpc) is 3.05. The summed E-state index contributed by atoms with van der Waals surface area (Å²) in [6.45, 7) is 0. The summed E-state index contributed by atoms with van der Waals surface area (Å²) in [6, 6.07) is 18.4. The van der Waals surface area contributed by atoms with Crippen LogP contribution >= 0.6 is 0 Å². The Morgan fingerprint density at radius 1 is 0.750 bits per heavy atom. The van der Waals surface area contributed by atoms with Crippen LogP contribution in [-0.4, -0.2) is 0 Å². The van der Waals surface area contributed by atoms with E-state index in [1.807, 2.05) is 42.5 Å². The number of hydrogen-bond acceptors (Lipinski definition) is 2. The lowest BCUT2D eigenvalue weighted by Gasteiger charge is -2.01. The third-order valence-corrected chi connectivity index (χ3v) is 3.91. The van der Waals surface area contributed by atoms with Crippen LogP contribution in [0.25, 0.3) is 11.1 Å². The van der Waals surface area contributed by atoms with E-state index in [2.05, 4.69) is 17.1 Å². The third kappa shape index (κ3) is 1.14. The molecular weight excluding hydrogens is 244 g/mol. The fourth-order valence-corrected chi connectivity index (χ4v) is 3.02. The van der Waals surface area contributed by atoms with Crippen molar-refractivity contribution in [3.05, 3.63) is 81.8 Å². The molecule has 0 N–H and O–H groups in total. The van der Waals surface area contributed by atoms with Crippen LogP contribution in [0.1, 0.15) is 1.37 Å². The maximum absolute atomic E-state index is 8.20. The summed E-state index contributed by atoms with van der Waals surface area (Å²) in [5.41, 5.74) is 3.73. The first kappa shape index (κ1) is 9.21. The molecule has 5 rings (SSSR count). The predicted octanol–water partition coefficient (Wildman–Crippen LogP) is 3.17. The molecule has 0 saturated heterocycles. The van der Waals surface area contributed by atoms with Crippen LogP contribution in [-0.2, 0) is 0 Å². The maximum Gasteiger partial charge on any atom is 0.0817 e. The van der Waals surface area contributed by atoms with Crippen LogP contribution in [0.5, 0.6) is 0 Å². The summed E-state index contributed by atoms with van der Waals surface area (Å²) in [4.78, 5) is 9.42. The van der Waals surface area contributed by atoms with Crippen LogP contribution in [0.4, 0.5) is 11.4 Å². The second-order valence-electron chi connectivity index (χ2n) is 5.03. The fraction of sp³-hybridized carbons (Fsp3) is 0. The smallest absolute Gasteiger partial charge is 0.0817 e. The van der Waals surface area contributed by atoms with Crippen LogP contribution in [0.3, 0.4) is 0 Å². The molecule has 0 saturated carbocycles. The number of para-hydroxylation sites is 2. The Balaban J connectivity index is 2.03. The molecule has 2 aliphatic heterocycles. The van der Waals surface area contributed by atoms with E-state index in [9.17, 15) is 0 Å². The number of fused-ring (bicyclic) bond motifs is 6. The highest BCUT2D eigenvalue weighted by molar-refractivity contribution is 5.86. The molecule has 2 heteroatoms. The Bertz CT molecular complexity index is 1150. The first-order valence-electron chi connectivity index (χ1n) is 7.13. The topological polar surface area (TPSA) is 24.7 Å². The summed E-state index contributed by atoms with van der Waals surface area (Å²) < 4.78 is 8.20. The number of rotatable bonds is 0. The lowest BCUT2D eigenvalue weighted by Crippen LogP contribution is -2.00. The summed E-state index contributed by atoms with van der Waals surface area (Å²) >= 11 is 0. The quantitative estimate of drug-likeness (QED) is 0.406. The second kappa shape index (κ2) is 3.42. The van der Waals surface area contributed by atoms with Crippen LogP contribution in [0.15, 0.2) is 70.6 Å². The normalized spacial score (nSPS) is 13.5. The van der Waals surface area contributed by atoms with Gasteiger partial charge in [0.05, 0.1) is 23.5 Å². The van der Waals surface area contributed by atoms with Gasteiger partial charge in [-0.3, -0.25) is 0 Å². The van der Waals surface area contributed by atoms with Crippen molar-refractivity contribution in [2.24, 2.45) is 9.98 Å². The van der Waals surface area contributed by atoms with Crippen LogP contribution in [0, 0.1) is 10.4 Å². The standard InChI is InChI=1S/C18H10N2/c1-3-7-14-11(5-1)12-9-10-16-17(18(12)20-14)13-6-2-4-8-15(13)19-16/h1-10H/i6D. The molecule has 0 aliphatic carbocycles. The van der Waals surface area contributed by atoms with E-state index < -0.39 is 0 Å². The van der Waals surface area contributed by atoms with E-state index in [-0.39, 0.29) is 0 Å². The Labute approximate surface area is 116 Å². The zero-order valence-corrected chi connectivity index (χ0v) is 10.6. The molecule has 0 unspecified atom stereocenters. The number of benzene rings is 3. The number of hydrogen-bond donors (Lipinski definition) is 0. The van der Waals surface area contributed by atoms with E-state index in [0.29, 0.717) is 6.04 Å². The maximum atomic E-state index is 8.20. The van der Waals surface area contributed by atoms with Gasteiger partial charge in [0.2, 0.25) is 0 Å². The zero-order valence-electron chi connectivity index (χ0n) is 11.6. The van der Waals surface area contributed by atoms with Crippen molar-refractivity contribution in [1.29, 1.82) is 0 Å². The molecular formula is C18H10N2. The van der Waals surface area contributed by atoms with Gasteiger partial charge in [-0.2, -0.15) is 0 Å². The largest absolute Gasteiger partial charge is 0.248 e. The van der Waals surface area contributed by atoms with E-state index in [0.717, 1.165) is 43.7 Å². The first-order valence-corrected chi connectivity index (χ1v) is 6.63. The summed E-state index contributed by atoms with van der Waals surface area (Å²) in [7, 11) is 0. The first-order chi connectivity index (χ1) is 10.3. The average molecular weight is 255 g/mol. The molecule has 2 nitrogen and oxygen atoms in total. The molecule has 92 valence electrons. The minimum absolute atomic E-state index is 0.509. The highest BCUT2D eigenvalue weighted by Crippen LogP contribution is 2.38. The second-order valence-corrected chi connectivity index (χ2v) is 5.03. The summed E-state index contributed by atoms with van der Waals surface area (Å²) in [5.74, 6) is 0. The molecule has 0 fully saturated rings. The van der Waals surface area contributed by atoms with E-state index >= 15 is 0 Å². The van der Waals surface area contributed by atoms with Gasteiger partial charge in [-0.05, 0) is 24.3 Å². The lowest BCUT2D eigenvalue weighted by atomic mass is 10.0. The van der Waals surface area contributed by atoms with Gasteiger partial charge in [0.1, 0.15) is 0 Å². The number of nitrogens with zero attached hydrogens (tertiary/aromatic N) is 2. The highest BCUT2D eigenvalue weighted by atomic mass is 14.8. The van der Waals surface area contributed by atoms with Gasteiger partial charge in [-0.1, -0.05) is 36.4 Å².